The monoisotopic (exact) mass is 279 g/mol. The predicted octanol–water partition coefficient (Wildman–Crippen LogP) is 3.69. The molecule has 0 saturated heterocycles. The molecule has 0 aliphatic heterocycles. The van der Waals surface area contributed by atoms with Gasteiger partial charge in [0.2, 0.25) is 5.88 Å². The molecule has 1 heterocycles. The van der Waals surface area contributed by atoms with Crippen LogP contribution in [0.15, 0.2) is 12.3 Å². The van der Waals surface area contributed by atoms with Crippen LogP contribution in [-0.2, 0) is 6.18 Å². The van der Waals surface area contributed by atoms with E-state index in [4.69, 9.17) is 11.6 Å². The lowest BCUT2D eigenvalue weighted by molar-refractivity contribution is -0.154. The van der Waals surface area contributed by atoms with Crippen LogP contribution < -0.4 is 4.74 Å². The maximum Gasteiger partial charge on any atom is 0.422 e. The van der Waals surface area contributed by atoms with Gasteiger partial charge in [0.1, 0.15) is 5.02 Å². The minimum atomic E-state index is -4.67. The van der Waals surface area contributed by atoms with Crippen LogP contribution in [0.5, 0.6) is 5.88 Å². The molecule has 0 amide bonds. The van der Waals surface area contributed by atoms with Crippen molar-refractivity contribution in [3.05, 3.63) is 22.8 Å². The van der Waals surface area contributed by atoms with E-state index in [1.165, 1.54) is 0 Å². The van der Waals surface area contributed by atoms with Crippen LogP contribution in [0.1, 0.15) is 5.56 Å². The third-order valence-electron chi connectivity index (χ3n) is 1.51. The zero-order chi connectivity index (χ0) is 13.3. The fourth-order valence-corrected chi connectivity index (χ4v) is 1.06. The molecule has 2 nitrogen and oxygen atoms in total. The molecule has 0 fully saturated rings. The van der Waals surface area contributed by atoms with E-state index in [9.17, 15) is 26.3 Å². The first kappa shape index (κ1) is 13.9. The molecule has 1 aromatic heterocycles. The molecule has 0 bridgehead atoms. The van der Waals surface area contributed by atoms with Crippen molar-refractivity contribution in [3.63, 3.8) is 0 Å². The number of nitrogens with zero attached hydrogens (tertiary/aromatic N) is 1. The Kier molecular flexibility index (Phi) is 3.75. The van der Waals surface area contributed by atoms with Crippen molar-refractivity contribution in [1.82, 2.24) is 4.98 Å². The first-order valence-electron chi connectivity index (χ1n) is 4.02. The largest absolute Gasteiger partial charge is 0.467 e. The zero-order valence-corrected chi connectivity index (χ0v) is 8.62. The van der Waals surface area contributed by atoms with E-state index in [0.29, 0.717) is 12.3 Å². The van der Waals surface area contributed by atoms with Gasteiger partial charge in [0, 0.05) is 6.20 Å². The Morgan fingerprint density at radius 1 is 1.18 bits per heavy atom. The van der Waals surface area contributed by atoms with Gasteiger partial charge in [0.15, 0.2) is 6.61 Å². The maximum atomic E-state index is 12.2. The minimum absolute atomic E-state index is 0.345. The van der Waals surface area contributed by atoms with Crippen molar-refractivity contribution in [2.75, 3.05) is 6.61 Å². The fourth-order valence-electron chi connectivity index (χ4n) is 0.837. The van der Waals surface area contributed by atoms with E-state index in [2.05, 4.69) is 9.72 Å². The van der Waals surface area contributed by atoms with Crippen molar-refractivity contribution in [1.29, 1.82) is 0 Å². The molecule has 0 atom stereocenters. The van der Waals surface area contributed by atoms with Gasteiger partial charge in [-0.25, -0.2) is 4.98 Å². The Labute approximate surface area is 96.2 Å². The van der Waals surface area contributed by atoms with Crippen molar-refractivity contribution in [2.45, 2.75) is 12.4 Å². The molecular formula is C8H4ClF6NO. The fraction of sp³-hybridized carbons (Fsp3) is 0.375. The quantitative estimate of drug-likeness (QED) is 0.770. The van der Waals surface area contributed by atoms with Crippen LogP contribution in [0.2, 0.25) is 5.02 Å². The normalized spacial score (nSPS) is 12.6. The van der Waals surface area contributed by atoms with Gasteiger partial charge in [-0.05, 0) is 6.07 Å². The van der Waals surface area contributed by atoms with Crippen LogP contribution >= 0.6 is 11.6 Å². The SMILES string of the molecule is FC(F)(F)COc1ncc(C(F)(F)F)cc1Cl. The summed E-state index contributed by atoms with van der Waals surface area (Å²) in [7, 11) is 0. The maximum absolute atomic E-state index is 12.2. The Bertz CT molecular complexity index is 402. The number of pyridine rings is 1. The van der Waals surface area contributed by atoms with Crippen molar-refractivity contribution in [2.24, 2.45) is 0 Å². The van der Waals surface area contributed by atoms with Crippen LogP contribution in [0, 0.1) is 0 Å². The molecule has 0 spiro atoms. The van der Waals surface area contributed by atoms with Crippen LogP contribution in [0.4, 0.5) is 26.3 Å². The summed E-state index contributed by atoms with van der Waals surface area (Å²) in [4.78, 5) is 3.07. The number of rotatable bonds is 2. The number of aromatic nitrogens is 1. The van der Waals surface area contributed by atoms with Gasteiger partial charge in [-0.2, -0.15) is 26.3 Å². The summed E-state index contributed by atoms with van der Waals surface area (Å²) in [5.41, 5.74) is -1.16. The zero-order valence-electron chi connectivity index (χ0n) is 7.86. The van der Waals surface area contributed by atoms with E-state index in [1.807, 2.05) is 0 Å². The summed E-state index contributed by atoms with van der Waals surface area (Å²) in [5, 5.41) is -0.635. The lowest BCUT2D eigenvalue weighted by atomic mass is 10.3. The molecule has 0 radical (unpaired) electrons. The van der Waals surface area contributed by atoms with Crippen molar-refractivity contribution >= 4 is 11.6 Å². The van der Waals surface area contributed by atoms with Gasteiger partial charge >= 0.3 is 12.4 Å². The molecule has 0 aliphatic carbocycles. The smallest absolute Gasteiger partial charge is 0.422 e. The number of hydrogen-bond donors (Lipinski definition) is 0. The summed E-state index contributed by atoms with van der Waals surface area (Å²) < 4.78 is 75.9. The van der Waals surface area contributed by atoms with Crippen molar-refractivity contribution < 1.29 is 31.1 Å². The van der Waals surface area contributed by atoms with Crippen LogP contribution in [0.3, 0.4) is 0 Å². The molecular weight excluding hydrogens is 276 g/mol. The summed E-state index contributed by atoms with van der Waals surface area (Å²) in [5.74, 6) is -0.697. The molecule has 96 valence electrons. The average Bonchev–Trinajstić information content (AvgIpc) is 2.12. The highest BCUT2D eigenvalue weighted by molar-refractivity contribution is 6.31. The van der Waals surface area contributed by atoms with E-state index >= 15 is 0 Å². The van der Waals surface area contributed by atoms with Crippen molar-refractivity contribution in [3.8, 4) is 5.88 Å². The molecule has 0 unspecified atom stereocenters. The molecule has 9 heteroatoms. The highest BCUT2D eigenvalue weighted by Crippen LogP contribution is 2.33. The molecule has 1 rings (SSSR count). The Morgan fingerprint density at radius 2 is 1.76 bits per heavy atom. The van der Waals surface area contributed by atoms with E-state index in [0.717, 1.165) is 0 Å². The third kappa shape index (κ3) is 4.29. The summed E-state index contributed by atoms with van der Waals surface area (Å²) in [6, 6.07) is 0.445. The number of alkyl halides is 6. The second-order valence-electron chi connectivity index (χ2n) is 2.91. The summed E-state index contributed by atoms with van der Waals surface area (Å²) in [6.07, 6.45) is -8.94. The Hall–Kier alpha value is -1.18. The second-order valence-corrected chi connectivity index (χ2v) is 3.32. The molecule has 17 heavy (non-hydrogen) atoms. The van der Waals surface area contributed by atoms with E-state index < -0.39 is 35.4 Å². The Balaban J connectivity index is 2.84. The van der Waals surface area contributed by atoms with E-state index in [-0.39, 0.29) is 0 Å². The first-order chi connectivity index (χ1) is 7.59. The standard InChI is InChI=1S/C8H4ClF6NO/c9-5-1-4(8(13,14)15)2-16-6(5)17-3-7(10,11)12/h1-2H,3H2. The summed E-state index contributed by atoms with van der Waals surface area (Å²) in [6.45, 7) is -1.68. The molecule has 0 aromatic carbocycles. The molecule has 1 aromatic rings. The van der Waals surface area contributed by atoms with Gasteiger partial charge in [0.25, 0.3) is 0 Å². The van der Waals surface area contributed by atoms with Gasteiger partial charge in [-0.15, -0.1) is 0 Å². The van der Waals surface area contributed by atoms with Gasteiger partial charge in [-0.1, -0.05) is 11.6 Å². The lowest BCUT2D eigenvalue weighted by Gasteiger charge is -2.11. The summed E-state index contributed by atoms with van der Waals surface area (Å²) >= 11 is 5.31. The Morgan fingerprint density at radius 3 is 2.18 bits per heavy atom. The van der Waals surface area contributed by atoms with Crippen LogP contribution in [0.25, 0.3) is 0 Å². The lowest BCUT2D eigenvalue weighted by Crippen LogP contribution is -2.20. The number of hydrogen-bond acceptors (Lipinski definition) is 2. The topological polar surface area (TPSA) is 22.1 Å². The predicted molar refractivity (Wildman–Crippen MR) is 45.8 cm³/mol. The number of halogens is 7. The first-order valence-corrected chi connectivity index (χ1v) is 4.40. The average molecular weight is 280 g/mol. The highest BCUT2D eigenvalue weighted by Gasteiger charge is 2.33. The molecule has 0 saturated carbocycles. The van der Waals surface area contributed by atoms with Crippen LogP contribution in [-0.4, -0.2) is 17.8 Å². The third-order valence-corrected chi connectivity index (χ3v) is 1.78. The number of ether oxygens (including phenoxy) is 1. The second kappa shape index (κ2) is 4.59. The minimum Gasteiger partial charge on any atom is -0.467 e. The van der Waals surface area contributed by atoms with Gasteiger partial charge in [-0.3, -0.25) is 0 Å². The molecule has 0 N–H and O–H groups in total. The van der Waals surface area contributed by atoms with E-state index in [1.54, 1.807) is 0 Å². The van der Waals surface area contributed by atoms with Gasteiger partial charge < -0.3 is 4.74 Å². The highest BCUT2D eigenvalue weighted by atomic mass is 35.5. The molecule has 0 aliphatic rings. The van der Waals surface area contributed by atoms with Gasteiger partial charge in [0.05, 0.1) is 5.56 Å².